The summed E-state index contributed by atoms with van der Waals surface area (Å²) in [5.74, 6) is -0.829. The van der Waals surface area contributed by atoms with Crippen molar-refractivity contribution < 1.29 is 14.0 Å². The first-order chi connectivity index (χ1) is 13.1. The van der Waals surface area contributed by atoms with Crippen LogP contribution in [0, 0.1) is 11.7 Å². The number of carbonyl (C=O) groups is 2. The predicted octanol–water partition coefficient (Wildman–Crippen LogP) is 1.73. The van der Waals surface area contributed by atoms with Gasteiger partial charge in [-0.25, -0.2) is 4.39 Å². The zero-order valence-electron chi connectivity index (χ0n) is 14.9. The first-order valence-corrected chi connectivity index (χ1v) is 9.04. The number of benzene rings is 1. The van der Waals surface area contributed by atoms with Gasteiger partial charge in [-0.1, -0.05) is 18.2 Å². The summed E-state index contributed by atoms with van der Waals surface area (Å²) < 4.78 is 13.6. The Hall–Kier alpha value is -2.96. The highest BCUT2D eigenvalue weighted by Crippen LogP contribution is 2.18. The van der Waals surface area contributed by atoms with E-state index in [4.69, 9.17) is 0 Å². The summed E-state index contributed by atoms with van der Waals surface area (Å²) in [7, 11) is 0. The number of aromatic nitrogens is 1. The van der Waals surface area contributed by atoms with Crippen molar-refractivity contribution in [3.63, 3.8) is 0 Å². The van der Waals surface area contributed by atoms with Gasteiger partial charge in [0.2, 0.25) is 5.91 Å². The molecule has 1 aromatic heterocycles. The number of nitrogens with one attached hydrogen (secondary N) is 2. The molecule has 142 valence electrons. The molecule has 0 spiro atoms. The molecule has 2 aromatic rings. The summed E-state index contributed by atoms with van der Waals surface area (Å²) in [6.07, 6.45) is 3.01. The molecular formula is C20H22FN3O3. The number of carbonyl (C=O) groups excluding carboxylic acids is 2. The van der Waals surface area contributed by atoms with Crippen LogP contribution in [0.25, 0.3) is 0 Å². The fraction of sp³-hybridized carbons (Fsp3) is 0.350. The van der Waals surface area contributed by atoms with Crippen molar-refractivity contribution in [2.75, 3.05) is 19.6 Å². The van der Waals surface area contributed by atoms with Gasteiger partial charge in [0, 0.05) is 31.7 Å². The Morgan fingerprint density at radius 3 is 2.59 bits per heavy atom. The van der Waals surface area contributed by atoms with E-state index in [0.717, 1.165) is 0 Å². The molecule has 1 aliphatic rings. The van der Waals surface area contributed by atoms with Crippen LogP contribution in [0.2, 0.25) is 0 Å². The summed E-state index contributed by atoms with van der Waals surface area (Å²) in [5.41, 5.74) is 0.284. The first kappa shape index (κ1) is 18.8. The highest BCUT2D eigenvalue weighted by atomic mass is 19.1. The highest BCUT2D eigenvalue weighted by Gasteiger charge is 2.28. The van der Waals surface area contributed by atoms with E-state index in [-0.39, 0.29) is 29.1 Å². The maximum Gasteiger partial charge on any atom is 0.260 e. The second-order valence-electron chi connectivity index (χ2n) is 6.61. The lowest BCUT2D eigenvalue weighted by Gasteiger charge is -2.31. The molecule has 1 fully saturated rings. The number of hydrogen-bond donors (Lipinski definition) is 2. The fourth-order valence-electron chi connectivity index (χ4n) is 3.27. The van der Waals surface area contributed by atoms with Gasteiger partial charge in [0.05, 0.1) is 0 Å². The number of likely N-dealkylation sites (tertiary alicyclic amines) is 1. The van der Waals surface area contributed by atoms with Gasteiger partial charge in [0.15, 0.2) is 0 Å². The SMILES string of the molecule is O=C(NCCc1ccccc1F)C1CCN(C(=O)c2ccc[nH]c2=O)CC1. The van der Waals surface area contributed by atoms with Gasteiger partial charge in [0.25, 0.3) is 11.5 Å². The lowest BCUT2D eigenvalue weighted by Crippen LogP contribution is -2.44. The molecule has 2 amide bonds. The molecule has 2 heterocycles. The summed E-state index contributed by atoms with van der Waals surface area (Å²) in [4.78, 5) is 40.6. The molecular weight excluding hydrogens is 349 g/mol. The summed E-state index contributed by atoms with van der Waals surface area (Å²) >= 11 is 0. The highest BCUT2D eigenvalue weighted by molar-refractivity contribution is 5.94. The van der Waals surface area contributed by atoms with Crippen LogP contribution < -0.4 is 10.9 Å². The molecule has 0 unspecified atom stereocenters. The molecule has 1 saturated heterocycles. The third-order valence-corrected chi connectivity index (χ3v) is 4.85. The Kier molecular flexibility index (Phi) is 6.01. The molecule has 0 radical (unpaired) electrons. The molecule has 0 aliphatic carbocycles. The van der Waals surface area contributed by atoms with E-state index < -0.39 is 5.56 Å². The molecule has 0 atom stereocenters. The van der Waals surface area contributed by atoms with Crippen molar-refractivity contribution in [1.29, 1.82) is 0 Å². The average molecular weight is 371 g/mol. The van der Waals surface area contributed by atoms with E-state index in [1.165, 1.54) is 18.3 Å². The number of piperidine rings is 1. The topological polar surface area (TPSA) is 82.3 Å². The molecule has 2 N–H and O–H groups in total. The third kappa shape index (κ3) is 4.61. The normalized spacial score (nSPS) is 14.8. The van der Waals surface area contributed by atoms with Gasteiger partial charge in [-0.15, -0.1) is 0 Å². The number of H-pyrrole nitrogens is 1. The Bertz CT molecular complexity index is 873. The molecule has 1 aromatic carbocycles. The van der Waals surface area contributed by atoms with Crippen molar-refractivity contribution in [3.05, 3.63) is 69.9 Å². The van der Waals surface area contributed by atoms with E-state index in [1.54, 1.807) is 29.2 Å². The van der Waals surface area contributed by atoms with Gasteiger partial charge in [0.1, 0.15) is 11.4 Å². The van der Waals surface area contributed by atoms with Crippen LogP contribution in [0.1, 0.15) is 28.8 Å². The third-order valence-electron chi connectivity index (χ3n) is 4.85. The zero-order valence-corrected chi connectivity index (χ0v) is 14.9. The molecule has 0 saturated carbocycles. The van der Waals surface area contributed by atoms with Gasteiger partial charge < -0.3 is 15.2 Å². The minimum atomic E-state index is -0.407. The van der Waals surface area contributed by atoms with Crippen LogP contribution in [-0.4, -0.2) is 41.3 Å². The van der Waals surface area contributed by atoms with E-state index in [0.29, 0.717) is 44.5 Å². The average Bonchev–Trinajstić information content (AvgIpc) is 2.69. The number of rotatable bonds is 5. The molecule has 6 nitrogen and oxygen atoms in total. The smallest absolute Gasteiger partial charge is 0.260 e. The second-order valence-corrected chi connectivity index (χ2v) is 6.61. The van der Waals surface area contributed by atoms with Gasteiger partial charge in [-0.2, -0.15) is 0 Å². The Labute approximate surface area is 156 Å². The number of pyridine rings is 1. The van der Waals surface area contributed by atoms with Crippen molar-refractivity contribution >= 4 is 11.8 Å². The van der Waals surface area contributed by atoms with E-state index >= 15 is 0 Å². The largest absolute Gasteiger partial charge is 0.356 e. The molecule has 3 rings (SSSR count). The Morgan fingerprint density at radius 2 is 1.89 bits per heavy atom. The van der Waals surface area contributed by atoms with Crippen molar-refractivity contribution in [3.8, 4) is 0 Å². The molecule has 1 aliphatic heterocycles. The molecule has 0 bridgehead atoms. The van der Waals surface area contributed by atoms with Gasteiger partial charge in [-0.3, -0.25) is 14.4 Å². The van der Waals surface area contributed by atoms with Crippen LogP contribution in [0.5, 0.6) is 0 Å². The summed E-state index contributed by atoms with van der Waals surface area (Å²) in [6, 6.07) is 9.63. The minimum absolute atomic E-state index is 0.0732. The standard InChI is InChI=1S/C20H22FN3O3/c21-17-6-2-1-4-14(17)7-11-23-18(25)15-8-12-24(13-9-15)20(27)16-5-3-10-22-19(16)26/h1-6,10,15H,7-9,11-13H2,(H,22,26)(H,23,25). The lowest BCUT2D eigenvalue weighted by atomic mass is 9.95. The van der Waals surface area contributed by atoms with E-state index in [1.807, 2.05) is 0 Å². The maximum atomic E-state index is 13.6. The van der Waals surface area contributed by atoms with Crippen LogP contribution in [0.15, 0.2) is 47.4 Å². The quantitative estimate of drug-likeness (QED) is 0.840. The summed E-state index contributed by atoms with van der Waals surface area (Å²) in [5, 5.41) is 2.85. The van der Waals surface area contributed by atoms with Crippen LogP contribution in [-0.2, 0) is 11.2 Å². The Balaban J connectivity index is 1.46. The zero-order chi connectivity index (χ0) is 19.2. The molecule has 27 heavy (non-hydrogen) atoms. The first-order valence-electron chi connectivity index (χ1n) is 9.04. The minimum Gasteiger partial charge on any atom is -0.356 e. The van der Waals surface area contributed by atoms with Gasteiger partial charge in [-0.05, 0) is 43.0 Å². The fourth-order valence-corrected chi connectivity index (χ4v) is 3.27. The van der Waals surface area contributed by atoms with Crippen LogP contribution in [0.4, 0.5) is 4.39 Å². The number of nitrogens with zero attached hydrogens (tertiary/aromatic N) is 1. The van der Waals surface area contributed by atoms with Crippen molar-refractivity contribution in [2.45, 2.75) is 19.3 Å². The van der Waals surface area contributed by atoms with E-state index in [2.05, 4.69) is 10.3 Å². The number of hydrogen-bond acceptors (Lipinski definition) is 3. The van der Waals surface area contributed by atoms with Crippen molar-refractivity contribution in [2.24, 2.45) is 5.92 Å². The monoisotopic (exact) mass is 371 g/mol. The van der Waals surface area contributed by atoms with Crippen LogP contribution >= 0.6 is 0 Å². The van der Waals surface area contributed by atoms with E-state index in [9.17, 15) is 18.8 Å². The number of amides is 2. The lowest BCUT2D eigenvalue weighted by molar-refractivity contribution is -0.126. The van der Waals surface area contributed by atoms with Crippen molar-refractivity contribution in [1.82, 2.24) is 15.2 Å². The Morgan fingerprint density at radius 1 is 1.15 bits per heavy atom. The van der Waals surface area contributed by atoms with Gasteiger partial charge >= 0.3 is 0 Å². The second kappa shape index (κ2) is 8.62. The molecule has 7 heteroatoms. The summed E-state index contributed by atoms with van der Waals surface area (Å²) in [6.45, 7) is 1.23. The number of aromatic amines is 1. The number of halogens is 1. The van der Waals surface area contributed by atoms with Crippen LogP contribution in [0.3, 0.4) is 0 Å². The maximum absolute atomic E-state index is 13.6. The predicted molar refractivity (Wildman–Crippen MR) is 98.8 cm³/mol.